The lowest BCUT2D eigenvalue weighted by Gasteiger charge is -2.37. The lowest BCUT2D eigenvalue weighted by atomic mass is 9.83. The molecule has 2 nitrogen and oxygen atoms in total. The highest BCUT2D eigenvalue weighted by molar-refractivity contribution is 7.21. The molecule has 0 aliphatic heterocycles. The maximum absolute atomic E-state index is 6.67. The van der Waals surface area contributed by atoms with Crippen molar-refractivity contribution in [3.05, 3.63) is 297 Å². The number of para-hydroxylation sites is 2. The highest BCUT2D eigenvalue weighted by atomic mass is 28.3. The molecule has 1 aliphatic rings. The summed E-state index contributed by atoms with van der Waals surface area (Å²) in [7, 11) is -6.13. The number of aromatic nitrogens is 1. The Morgan fingerprint density at radius 2 is 0.653 bits per heavy atom. The molecule has 0 spiro atoms. The lowest BCUT2D eigenvalue weighted by Crippen LogP contribution is -2.76. The van der Waals surface area contributed by atoms with Crippen molar-refractivity contribution in [2.75, 3.05) is 0 Å². The number of hydrogen-bond acceptors (Lipinski definition) is 2. The van der Waals surface area contributed by atoms with Crippen molar-refractivity contribution in [1.82, 2.24) is 4.98 Å². The van der Waals surface area contributed by atoms with Crippen LogP contribution in [0.15, 0.2) is 302 Å². The number of fused-ring (bicyclic) bond motifs is 11. The molecule has 0 fully saturated rings. The van der Waals surface area contributed by atoms with Crippen LogP contribution >= 0.6 is 0 Å². The van der Waals surface area contributed by atoms with Crippen LogP contribution in [-0.2, 0) is 0 Å². The molecule has 4 heteroatoms. The maximum Gasteiger partial charge on any atom is 0.179 e. The molecule has 0 saturated heterocycles. The van der Waals surface area contributed by atoms with Crippen LogP contribution in [-0.4, -0.2) is 21.1 Å². The minimum Gasteiger partial charge on any atom is -0.455 e. The second-order valence-electron chi connectivity index (χ2n) is 19.7. The summed E-state index contributed by atoms with van der Waals surface area (Å²) in [5.74, 6) is 0. The van der Waals surface area contributed by atoms with Crippen LogP contribution in [0.5, 0.6) is 0 Å². The van der Waals surface area contributed by atoms with Crippen molar-refractivity contribution in [2.45, 2.75) is 0 Å². The Bertz CT molecular complexity index is 4140. The number of hydrogen-bond donors (Lipinski definition) is 0. The van der Waals surface area contributed by atoms with E-state index in [1.54, 1.807) is 0 Å². The molecule has 2 heterocycles. The zero-order chi connectivity index (χ0) is 49.8. The van der Waals surface area contributed by atoms with E-state index >= 15 is 0 Å². The largest absolute Gasteiger partial charge is 0.455 e. The number of nitrogens with zero attached hydrogens (tertiary/aromatic N) is 1. The molecule has 14 rings (SSSR count). The van der Waals surface area contributed by atoms with Crippen molar-refractivity contribution >= 4 is 79.6 Å². The number of furan rings is 1. The van der Waals surface area contributed by atoms with Crippen LogP contribution in [0.4, 0.5) is 0 Å². The quantitative estimate of drug-likeness (QED) is 0.106. The van der Waals surface area contributed by atoms with Gasteiger partial charge in [0.2, 0.25) is 0 Å². The molecule has 0 amide bonds. The van der Waals surface area contributed by atoms with Gasteiger partial charge in [0, 0.05) is 33.7 Å². The van der Waals surface area contributed by atoms with Crippen LogP contribution in [0.3, 0.4) is 0 Å². The zero-order valence-electron chi connectivity index (χ0n) is 41.1. The first kappa shape index (κ1) is 44.5. The van der Waals surface area contributed by atoms with Crippen molar-refractivity contribution in [3.63, 3.8) is 0 Å². The first-order chi connectivity index (χ1) is 37.2. The molecule has 0 atom stereocenters. The van der Waals surface area contributed by atoms with Crippen LogP contribution in [0.2, 0.25) is 0 Å². The Kier molecular flexibility index (Phi) is 10.9. The number of benzene rings is 11. The highest BCUT2D eigenvalue weighted by Gasteiger charge is 2.45. The van der Waals surface area contributed by atoms with E-state index in [1.807, 2.05) is 12.3 Å². The van der Waals surface area contributed by atoms with Gasteiger partial charge in [0.25, 0.3) is 0 Å². The molecule has 0 radical (unpaired) electrons. The molecule has 0 N–H and O–H groups in total. The standard InChI is InChI=1S/C71H49NOSi2/c1-5-23-51(24-6-1)74(52-25-7-2-8-26-52,57-31-19-22-50(48-57)59-37-20-38-67-64-35-17-18-40-69(64)73-71(59)67)55-41-43-56(44-42-55)75(53-27-9-3-10-28-53,54-29-11-4-12-30-54)58-45-46-63-66-39-21-47-72-70(66)65-36-16-15-33-61(65)60-32-13-14-34-62(60)68(63)49-58/h1-49H. The van der Waals surface area contributed by atoms with Gasteiger partial charge in [-0.15, -0.1) is 0 Å². The molecule has 1 aliphatic carbocycles. The average molecular weight is 988 g/mol. The molecule has 0 saturated carbocycles. The van der Waals surface area contributed by atoms with Gasteiger partial charge < -0.3 is 4.42 Å². The molecule has 0 unspecified atom stereocenters. The second-order valence-corrected chi connectivity index (χ2v) is 27.3. The lowest BCUT2D eigenvalue weighted by molar-refractivity contribution is 0.670. The van der Waals surface area contributed by atoms with Gasteiger partial charge in [0.1, 0.15) is 11.2 Å². The van der Waals surface area contributed by atoms with Crippen LogP contribution in [0, 0.1) is 0 Å². The first-order valence-electron chi connectivity index (χ1n) is 25.8. The Balaban J connectivity index is 1.02. The maximum atomic E-state index is 6.67. The van der Waals surface area contributed by atoms with Crippen LogP contribution in [0.25, 0.3) is 77.7 Å². The summed E-state index contributed by atoms with van der Waals surface area (Å²) < 4.78 is 6.67. The van der Waals surface area contributed by atoms with Gasteiger partial charge in [-0.3, -0.25) is 4.98 Å². The second kappa shape index (κ2) is 18.4. The van der Waals surface area contributed by atoms with Gasteiger partial charge in [-0.1, -0.05) is 279 Å². The van der Waals surface area contributed by atoms with Crippen molar-refractivity contribution in [2.24, 2.45) is 0 Å². The third-order valence-corrected chi connectivity index (χ3v) is 25.4. The summed E-state index contributed by atoms with van der Waals surface area (Å²) >= 11 is 0. The fourth-order valence-electron chi connectivity index (χ4n) is 12.6. The summed E-state index contributed by atoms with van der Waals surface area (Å²) in [6, 6.07) is 109. The van der Waals surface area contributed by atoms with Gasteiger partial charge in [-0.05, 0) is 87.0 Å². The minimum atomic E-state index is -3.10. The molecule has 75 heavy (non-hydrogen) atoms. The minimum absolute atomic E-state index is 0.902. The Morgan fingerprint density at radius 3 is 1.25 bits per heavy atom. The third-order valence-electron chi connectivity index (χ3n) is 15.8. The van der Waals surface area contributed by atoms with Crippen molar-refractivity contribution in [3.8, 4) is 55.8 Å². The summed E-state index contributed by atoms with van der Waals surface area (Å²) in [6.45, 7) is 0. The molecular weight excluding hydrogens is 939 g/mol. The van der Waals surface area contributed by atoms with Crippen LogP contribution < -0.4 is 41.5 Å². The summed E-state index contributed by atoms with van der Waals surface area (Å²) in [5.41, 5.74) is 13.3. The Labute approximate surface area is 439 Å². The normalized spacial score (nSPS) is 12.0. The predicted octanol–water partition coefficient (Wildman–Crippen LogP) is 12.4. The molecule has 2 aromatic heterocycles. The van der Waals surface area contributed by atoms with Gasteiger partial charge >= 0.3 is 0 Å². The van der Waals surface area contributed by atoms with Gasteiger partial charge in [0.15, 0.2) is 16.1 Å². The highest BCUT2D eigenvalue weighted by Crippen LogP contribution is 2.46. The van der Waals surface area contributed by atoms with E-state index < -0.39 is 16.1 Å². The Morgan fingerprint density at radius 1 is 0.253 bits per heavy atom. The summed E-state index contributed by atoms with van der Waals surface area (Å²) in [6.07, 6.45) is 1.93. The smallest absolute Gasteiger partial charge is 0.179 e. The van der Waals surface area contributed by atoms with E-state index in [-0.39, 0.29) is 0 Å². The predicted molar refractivity (Wildman–Crippen MR) is 319 cm³/mol. The molecule has 11 aromatic carbocycles. The molecular formula is C71H49NOSi2. The monoisotopic (exact) mass is 987 g/mol. The molecule has 13 aromatic rings. The topological polar surface area (TPSA) is 26.0 Å². The Hall–Kier alpha value is -9.20. The fourth-order valence-corrected chi connectivity index (χ4v) is 22.1. The molecule has 0 bridgehead atoms. The fraction of sp³-hybridized carbons (Fsp3) is 0. The van der Waals surface area contributed by atoms with Gasteiger partial charge in [-0.25, -0.2) is 0 Å². The van der Waals surface area contributed by atoms with E-state index in [9.17, 15) is 0 Å². The first-order valence-corrected chi connectivity index (χ1v) is 29.8. The number of rotatable bonds is 9. The van der Waals surface area contributed by atoms with E-state index in [0.29, 0.717) is 0 Å². The SMILES string of the molecule is c1ccc([Si](c2ccccc2)(c2ccc([Si](c3ccccc3)(c3ccccc3)c3ccc4c(c3)-c3ccccc3-c3ccccc3-c3ncccc3-4)cc2)c2cccc(-c3cccc4c3oc3ccccc34)c2)cc1. The molecule has 352 valence electrons. The summed E-state index contributed by atoms with van der Waals surface area (Å²) in [4.78, 5) is 5.09. The van der Waals surface area contributed by atoms with E-state index in [4.69, 9.17) is 9.40 Å². The van der Waals surface area contributed by atoms with Crippen molar-refractivity contribution in [1.29, 1.82) is 0 Å². The summed E-state index contributed by atoms with van der Waals surface area (Å²) in [5, 5.41) is 12.9. The van der Waals surface area contributed by atoms with E-state index in [0.717, 1.165) is 49.9 Å². The number of pyridine rings is 1. The van der Waals surface area contributed by atoms with Gasteiger partial charge in [-0.2, -0.15) is 0 Å². The van der Waals surface area contributed by atoms with Gasteiger partial charge in [0.05, 0.1) is 5.69 Å². The van der Waals surface area contributed by atoms with Crippen molar-refractivity contribution < 1.29 is 4.42 Å². The van der Waals surface area contributed by atoms with E-state index in [1.165, 1.54) is 69.3 Å². The third kappa shape index (κ3) is 7.10. The average Bonchev–Trinajstić information content (AvgIpc) is 3.88. The van der Waals surface area contributed by atoms with Crippen LogP contribution in [0.1, 0.15) is 0 Å². The zero-order valence-corrected chi connectivity index (χ0v) is 43.1. The van der Waals surface area contributed by atoms with E-state index in [2.05, 4.69) is 285 Å².